The SMILES string of the molecule is CCCCO.CCCCO.O=C1c2ccccc2C(=O)N1O.O=C1c2ccccc2C(=O)N1O.[Ti]. The molecule has 0 fully saturated rings. The molecule has 0 radical (unpaired) electrons. The van der Waals surface area contributed by atoms with Crippen molar-refractivity contribution in [1.29, 1.82) is 0 Å². The molecular weight excluding hydrogens is 492 g/mol. The Balaban J connectivity index is 0.000000475. The molecule has 0 unspecified atom stereocenters. The summed E-state index contributed by atoms with van der Waals surface area (Å²) in [7, 11) is 0. The van der Waals surface area contributed by atoms with E-state index in [9.17, 15) is 19.2 Å². The van der Waals surface area contributed by atoms with Gasteiger partial charge in [-0.05, 0) is 37.1 Å². The molecule has 35 heavy (non-hydrogen) atoms. The Labute approximate surface area is 218 Å². The van der Waals surface area contributed by atoms with Gasteiger partial charge >= 0.3 is 0 Å². The van der Waals surface area contributed by atoms with Crippen molar-refractivity contribution in [2.75, 3.05) is 13.2 Å². The molecule has 4 rings (SSSR count). The smallest absolute Gasteiger partial charge is 0.285 e. The molecule has 11 heteroatoms. The van der Waals surface area contributed by atoms with Crippen LogP contribution in [0.25, 0.3) is 0 Å². The number of imide groups is 2. The molecule has 0 bridgehead atoms. The number of carbonyl (C=O) groups is 4. The van der Waals surface area contributed by atoms with E-state index < -0.39 is 23.6 Å². The average molecular weight is 522 g/mol. The number of carbonyl (C=O) groups excluding carboxylic acids is 4. The minimum atomic E-state index is -0.657. The van der Waals surface area contributed by atoms with Gasteiger partial charge in [0.25, 0.3) is 23.6 Å². The summed E-state index contributed by atoms with van der Waals surface area (Å²) in [5, 5.41) is 34.2. The minimum absolute atomic E-state index is 0. The van der Waals surface area contributed by atoms with Crippen LogP contribution in [0.4, 0.5) is 0 Å². The summed E-state index contributed by atoms with van der Waals surface area (Å²) >= 11 is 0. The van der Waals surface area contributed by atoms with Crippen LogP contribution in [0.5, 0.6) is 0 Å². The van der Waals surface area contributed by atoms with Crippen LogP contribution in [0.3, 0.4) is 0 Å². The van der Waals surface area contributed by atoms with Gasteiger partial charge in [-0.3, -0.25) is 29.6 Å². The van der Waals surface area contributed by atoms with Gasteiger partial charge in [0.05, 0.1) is 22.3 Å². The van der Waals surface area contributed by atoms with E-state index in [-0.39, 0.29) is 54.1 Å². The van der Waals surface area contributed by atoms with Crippen molar-refractivity contribution >= 4 is 23.6 Å². The topological polar surface area (TPSA) is 156 Å². The first-order valence-electron chi connectivity index (χ1n) is 10.8. The van der Waals surface area contributed by atoms with Crippen LogP contribution >= 0.6 is 0 Å². The van der Waals surface area contributed by atoms with Gasteiger partial charge in [-0.25, -0.2) is 0 Å². The van der Waals surface area contributed by atoms with Gasteiger partial charge in [-0.1, -0.05) is 51.0 Å². The second-order valence-electron chi connectivity index (χ2n) is 7.09. The second-order valence-corrected chi connectivity index (χ2v) is 7.09. The third-order valence-electron chi connectivity index (χ3n) is 4.57. The number of nitrogens with zero attached hydrogens (tertiary/aromatic N) is 2. The van der Waals surface area contributed by atoms with E-state index in [1.54, 1.807) is 24.3 Å². The maximum absolute atomic E-state index is 11.1. The zero-order valence-electron chi connectivity index (χ0n) is 19.7. The van der Waals surface area contributed by atoms with E-state index in [1.807, 2.05) is 0 Å². The molecule has 10 nitrogen and oxygen atoms in total. The van der Waals surface area contributed by atoms with E-state index in [0.717, 1.165) is 25.7 Å². The maximum atomic E-state index is 11.1. The van der Waals surface area contributed by atoms with Crippen LogP contribution in [0.1, 0.15) is 81.0 Å². The molecular formula is C24H30N2O8Ti. The Bertz CT molecular complexity index is 845. The van der Waals surface area contributed by atoms with E-state index in [1.165, 1.54) is 24.3 Å². The number of aliphatic hydroxyl groups is 2. The van der Waals surface area contributed by atoms with Gasteiger partial charge in [0.2, 0.25) is 0 Å². The normalized spacial score (nSPS) is 12.9. The van der Waals surface area contributed by atoms with Crippen molar-refractivity contribution in [3.8, 4) is 0 Å². The summed E-state index contributed by atoms with van der Waals surface area (Å²) in [4.78, 5) is 44.2. The quantitative estimate of drug-likeness (QED) is 0.271. The second kappa shape index (κ2) is 16.8. The van der Waals surface area contributed by atoms with Crippen LogP contribution in [0.2, 0.25) is 0 Å². The summed E-state index contributed by atoms with van der Waals surface area (Å²) in [5.74, 6) is -2.63. The number of hydroxylamine groups is 4. The summed E-state index contributed by atoms with van der Waals surface area (Å²) in [6.07, 6.45) is 4.08. The molecule has 4 amide bonds. The number of amides is 4. The zero-order chi connectivity index (χ0) is 25.7. The predicted octanol–water partition coefficient (Wildman–Crippen LogP) is 2.90. The molecule has 0 aromatic heterocycles. The summed E-state index contributed by atoms with van der Waals surface area (Å²) in [6.45, 7) is 4.79. The number of fused-ring (bicyclic) bond motifs is 2. The van der Waals surface area contributed by atoms with Gasteiger partial charge in [0.15, 0.2) is 0 Å². The van der Waals surface area contributed by atoms with Crippen molar-refractivity contribution in [2.45, 2.75) is 39.5 Å². The Morgan fingerprint density at radius 3 is 0.943 bits per heavy atom. The van der Waals surface area contributed by atoms with Gasteiger partial charge in [0.1, 0.15) is 0 Å². The fraction of sp³-hybridized carbons (Fsp3) is 0.333. The van der Waals surface area contributed by atoms with E-state index in [4.69, 9.17) is 20.6 Å². The van der Waals surface area contributed by atoms with Crippen molar-refractivity contribution in [3.63, 3.8) is 0 Å². The molecule has 2 heterocycles. The molecule has 0 saturated heterocycles. The number of benzene rings is 2. The Hall–Kier alpha value is -2.73. The monoisotopic (exact) mass is 522 g/mol. The third-order valence-corrected chi connectivity index (χ3v) is 4.57. The molecule has 2 aliphatic heterocycles. The first-order chi connectivity index (χ1) is 16.3. The summed E-state index contributed by atoms with van der Waals surface area (Å²) in [5.41, 5.74) is 1.02. The van der Waals surface area contributed by atoms with Crippen LogP contribution in [-0.4, -0.2) is 67.6 Å². The zero-order valence-corrected chi connectivity index (χ0v) is 21.2. The van der Waals surface area contributed by atoms with Crippen LogP contribution in [-0.2, 0) is 21.7 Å². The Morgan fingerprint density at radius 2 is 0.800 bits per heavy atom. The molecule has 2 aromatic rings. The standard InChI is InChI=1S/2C8H5NO3.2C4H10O.Ti/c2*10-7-5-3-1-2-4-6(5)8(11)9(7)12;2*1-2-3-4-5;/h2*1-4,12H;2*5H,2-4H2,1H3;. The Morgan fingerprint density at radius 1 is 0.571 bits per heavy atom. The fourth-order valence-electron chi connectivity index (χ4n) is 2.67. The van der Waals surface area contributed by atoms with Gasteiger partial charge in [0, 0.05) is 34.9 Å². The first kappa shape index (κ1) is 32.3. The number of hydrogen-bond donors (Lipinski definition) is 4. The number of hydrogen-bond acceptors (Lipinski definition) is 8. The first-order valence-corrected chi connectivity index (χ1v) is 10.8. The number of unbranched alkanes of at least 4 members (excludes halogenated alkanes) is 2. The van der Waals surface area contributed by atoms with E-state index in [0.29, 0.717) is 13.2 Å². The molecule has 0 atom stereocenters. The minimum Gasteiger partial charge on any atom is -0.396 e. The van der Waals surface area contributed by atoms with Crippen molar-refractivity contribution in [3.05, 3.63) is 70.8 Å². The summed E-state index contributed by atoms with van der Waals surface area (Å²) in [6, 6.07) is 12.6. The predicted molar refractivity (Wildman–Crippen MR) is 121 cm³/mol. The Kier molecular flexibility index (Phi) is 15.5. The molecule has 4 N–H and O–H groups in total. The largest absolute Gasteiger partial charge is 0.396 e. The number of aliphatic hydroxyl groups excluding tert-OH is 2. The van der Waals surface area contributed by atoms with Crippen LogP contribution in [0.15, 0.2) is 48.5 Å². The van der Waals surface area contributed by atoms with E-state index in [2.05, 4.69) is 13.8 Å². The molecule has 0 saturated carbocycles. The van der Waals surface area contributed by atoms with E-state index >= 15 is 0 Å². The molecule has 0 spiro atoms. The van der Waals surface area contributed by atoms with Crippen LogP contribution < -0.4 is 0 Å². The van der Waals surface area contributed by atoms with Crippen molar-refractivity contribution < 1.29 is 61.5 Å². The molecule has 0 aliphatic carbocycles. The summed E-state index contributed by atoms with van der Waals surface area (Å²) < 4.78 is 0. The average Bonchev–Trinajstić information content (AvgIpc) is 3.22. The third kappa shape index (κ3) is 8.77. The molecule has 2 aliphatic rings. The maximum Gasteiger partial charge on any atom is 0.285 e. The number of rotatable bonds is 4. The molecule has 188 valence electrons. The van der Waals surface area contributed by atoms with Crippen LogP contribution in [0, 0.1) is 0 Å². The van der Waals surface area contributed by atoms with Crippen molar-refractivity contribution in [1.82, 2.24) is 10.1 Å². The molecule has 2 aromatic carbocycles. The van der Waals surface area contributed by atoms with Crippen molar-refractivity contribution in [2.24, 2.45) is 0 Å². The van der Waals surface area contributed by atoms with Gasteiger partial charge < -0.3 is 10.2 Å². The van der Waals surface area contributed by atoms with Gasteiger partial charge in [-0.15, -0.1) is 10.1 Å². The van der Waals surface area contributed by atoms with Gasteiger partial charge in [-0.2, -0.15) is 0 Å². The fourth-order valence-corrected chi connectivity index (χ4v) is 2.67.